The molecule has 2 amide bonds. The Balaban J connectivity index is 1.79. The standard InChI is InChI=1S/C13H14N2O3/c16-12(14-10-4-5-10)9-2-1-3-11(8-9)15-6-7-18-13(15)17/h1-3,8,10H,4-7H2,(H,14,16). The minimum atomic E-state index is -0.352. The molecule has 1 aliphatic carbocycles. The minimum absolute atomic E-state index is 0.0769. The van der Waals surface area contributed by atoms with E-state index in [1.54, 1.807) is 24.3 Å². The summed E-state index contributed by atoms with van der Waals surface area (Å²) in [7, 11) is 0. The first kappa shape index (κ1) is 11.1. The monoisotopic (exact) mass is 246 g/mol. The summed E-state index contributed by atoms with van der Waals surface area (Å²) in [4.78, 5) is 24.9. The Hall–Kier alpha value is -2.04. The van der Waals surface area contributed by atoms with E-state index < -0.39 is 0 Å². The Morgan fingerprint density at radius 2 is 2.22 bits per heavy atom. The second-order valence-corrected chi connectivity index (χ2v) is 4.56. The van der Waals surface area contributed by atoms with E-state index in [1.165, 1.54) is 4.90 Å². The molecule has 3 rings (SSSR count). The van der Waals surface area contributed by atoms with Gasteiger partial charge < -0.3 is 10.1 Å². The highest BCUT2D eigenvalue weighted by Crippen LogP contribution is 2.22. The summed E-state index contributed by atoms with van der Waals surface area (Å²) in [5.41, 5.74) is 1.29. The van der Waals surface area contributed by atoms with Crippen LogP contribution in [-0.4, -0.2) is 31.2 Å². The average Bonchev–Trinajstić information content (AvgIpc) is 3.09. The van der Waals surface area contributed by atoms with Crippen LogP contribution in [0.1, 0.15) is 23.2 Å². The Labute approximate surface area is 105 Å². The van der Waals surface area contributed by atoms with Gasteiger partial charge in [0.2, 0.25) is 0 Å². The predicted octanol–water partition coefficient (Wildman–Crippen LogP) is 1.54. The van der Waals surface area contributed by atoms with Crippen LogP contribution in [0.4, 0.5) is 10.5 Å². The van der Waals surface area contributed by atoms with Crippen molar-refractivity contribution in [2.75, 3.05) is 18.1 Å². The van der Waals surface area contributed by atoms with Crippen LogP contribution in [0.25, 0.3) is 0 Å². The molecule has 1 aromatic rings. The maximum Gasteiger partial charge on any atom is 0.414 e. The Bertz CT molecular complexity index is 497. The summed E-state index contributed by atoms with van der Waals surface area (Å²) in [6, 6.07) is 7.40. The normalized spacial score (nSPS) is 18.7. The van der Waals surface area contributed by atoms with E-state index in [9.17, 15) is 9.59 Å². The van der Waals surface area contributed by atoms with Crippen LogP contribution in [0.5, 0.6) is 0 Å². The van der Waals surface area contributed by atoms with E-state index in [2.05, 4.69) is 5.32 Å². The van der Waals surface area contributed by atoms with Crippen molar-refractivity contribution in [1.82, 2.24) is 5.32 Å². The molecule has 1 aromatic carbocycles. The zero-order valence-corrected chi connectivity index (χ0v) is 9.89. The van der Waals surface area contributed by atoms with Crippen LogP contribution in [0, 0.1) is 0 Å². The van der Waals surface area contributed by atoms with Gasteiger partial charge in [-0.3, -0.25) is 9.69 Å². The lowest BCUT2D eigenvalue weighted by Crippen LogP contribution is -2.27. The Morgan fingerprint density at radius 3 is 2.89 bits per heavy atom. The number of benzene rings is 1. The van der Waals surface area contributed by atoms with Crippen molar-refractivity contribution in [2.45, 2.75) is 18.9 Å². The molecule has 0 bridgehead atoms. The van der Waals surface area contributed by atoms with Gasteiger partial charge in [0.05, 0.1) is 6.54 Å². The number of nitrogens with one attached hydrogen (secondary N) is 1. The third-order valence-electron chi connectivity index (χ3n) is 3.09. The van der Waals surface area contributed by atoms with Crippen molar-refractivity contribution >= 4 is 17.7 Å². The third kappa shape index (κ3) is 2.16. The van der Waals surface area contributed by atoms with Gasteiger partial charge in [0.15, 0.2) is 0 Å². The summed E-state index contributed by atoms with van der Waals surface area (Å²) in [6.45, 7) is 0.934. The summed E-state index contributed by atoms with van der Waals surface area (Å²) >= 11 is 0. The fourth-order valence-corrected chi connectivity index (χ4v) is 1.94. The highest BCUT2D eigenvalue weighted by Gasteiger charge is 2.26. The maximum atomic E-state index is 11.9. The largest absolute Gasteiger partial charge is 0.447 e. The molecule has 2 aliphatic rings. The lowest BCUT2D eigenvalue weighted by atomic mass is 10.1. The van der Waals surface area contributed by atoms with Gasteiger partial charge in [0.25, 0.3) is 5.91 Å². The molecule has 94 valence electrons. The number of hydrogen-bond acceptors (Lipinski definition) is 3. The molecule has 5 heteroatoms. The number of cyclic esters (lactones) is 1. The predicted molar refractivity (Wildman–Crippen MR) is 65.6 cm³/mol. The second-order valence-electron chi connectivity index (χ2n) is 4.56. The van der Waals surface area contributed by atoms with Gasteiger partial charge in [-0.25, -0.2) is 4.79 Å². The molecule has 0 radical (unpaired) electrons. The van der Waals surface area contributed by atoms with Gasteiger partial charge in [-0.2, -0.15) is 0 Å². The Kier molecular flexibility index (Phi) is 2.66. The van der Waals surface area contributed by atoms with Crippen molar-refractivity contribution in [2.24, 2.45) is 0 Å². The summed E-state index contributed by atoms with van der Waals surface area (Å²) in [5, 5.41) is 2.93. The van der Waals surface area contributed by atoms with Gasteiger partial charge >= 0.3 is 6.09 Å². The van der Waals surface area contributed by atoms with E-state index in [-0.39, 0.29) is 12.0 Å². The average molecular weight is 246 g/mol. The molecule has 1 aliphatic heterocycles. The van der Waals surface area contributed by atoms with Crippen molar-refractivity contribution in [3.05, 3.63) is 29.8 Å². The van der Waals surface area contributed by atoms with Crippen molar-refractivity contribution in [3.63, 3.8) is 0 Å². The van der Waals surface area contributed by atoms with Crippen molar-refractivity contribution < 1.29 is 14.3 Å². The van der Waals surface area contributed by atoms with Crippen molar-refractivity contribution in [3.8, 4) is 0 Å². The SMILES string of the molecule is O=C(NC1CC1)c1cccc(N2CCOC2=O)c1. The summed E-state index contributed by atoms with van der Waals surface area (Å²) < 4.78 is 4.88. The number of ether oxygens (including phenoxy) is 1. The summed E-state index contributed by atoms with van der Waals surface area (Å²) in [5.74, 6) is -0.0769. The van der Waals surface area contributed by atoms with Crippen LogP contribution in [0.3, 0.4) is 0 Å². The van der Waals surface area contributed by atoms with Crippen LogP contribution >= 0.6 is 0 Å². The first-order valence-electron chi connectivity index (χ1n) is 6.09. The minimum Gasteiger partial charge on any atom is -0.447 e. The number of nitrogens with zero attached hydrogens (tertiary/aromatic N) is 1. The van der Waals surface area contributed by atoms with Crippen LogP contribution < -0.4 is 10.2 Å². The van der Waals surface area contributed by atoms with Crippen molar-refractivity contribution in [1.29, 1.82) is 0 Å². The highest BCUT2D eigenvalue weighted by atomic mass is 16.6. The molecular weight excluding hydrogens is 232 g/mol. The van der Waals surface area contributed by atoms with Gasteiger partial charge in [-0.1, -0.05) is 6.07 Å². The number of anilines is 1. The zero-order valence-electron chi connectivity index (χ0n) is 9.89. The lowest BCUT2D eigenvalue weighted by molar-refractivity contribution is 0.0951. The molecular formula is C13H14N2O3. The fraction of sp³-hybridized carbons (Fsp3) is 0.385. The molecule has 5 nitrogen and oxygen atoms in total. The zero-order chi connectivity index (χ0) is 12.5. The number of hydrogen-bond donors (Lipinski definition) is 1. The maximum absolute atomic E-state index is 11.9. The Morgan fingerprint density at radius 1 is 1.39 bits per heavy atom. The summed E-state index contributed by atoms with van der Waals surface area (Å²) in [6.07, 6.45) is 1.77. The quantitative estimate of drug-likeness (QED) is 0.880. The molecule has 1 heterocycles. The van der Waals surface area contributed by atoms with E-state index in [4.69, 9.17) is 4.74 Å². The van der Waals surface area contributed by atoms with E-state index in [0.29, 0.717) is 30.4 Å². The first-order chi connectivity index (χ1) is 8.74. The van der Waals surface area contributed by atoms with Crippen LogP contribution in [-0.2, 0) is 4.74 Å². The molecule has 0 spiro atoms. The van der Waals surface area contributed by atoms with Gasteiger partial charge in [0, 0.05) is 17.3 Å². The molecule has 1 saturated carbocycles. The topological polar surface area (TPSA) is 58.6 Å². The van der Waals surface area contributed by atoms with Gasteiger partial charge in [-0.15, -0.1) is 0 Å². The first-order valence-corrected chi connectivity index (χ1v) is 6.09. The van der Waals surface area contributed by atoms with E-state index >= 15 is 0 Å². The van der Waals surface area contributed by atoms with E-state index in [1.807, 2.05) is 0 Å². The molecule has 1 N–H and O–H groups in total. The second kappa shape index (κ2) is 4.33. The molecule has 0 aromatic heterocycles. The molecule has 0 unspecified atom stereocenters. The fourth-order valence-electron chi connectivity index (χ4n) is 1.94. The third-order valence-corrected chi connectivity index (χ3v) is 3.09. The van der Waals surface area contributed by atoms with Crippen LogP contribution in [0.2, 0.25) is 0 Å². The van der Waals surface area contributed by atoms with E-state index in [0.717, 1.165) is 12.8 Å². The molecule has 0 atom stereocenters. The number of rotatable bonds is 3. The van der Waals surface area contributed by atoms with Gasteiger partial charge in [-0.05, 0) is 31.0 Å². The lowest BCUT2D eigenvalue weighted by Gasteiger charge is -2.13. The molecule has 18 heavy (non-hydrogen) atoms. The highest BCUT2D eigenvalue weighted by molar-refractivity contribution is 5.97. The molecule has 1 saturated heterocycles. The number of carbonyl (C=O) groups is 2. The smallest absolute Gasteiger partial charge is 0.414 e. The van der Waals surface area contributed by atoms with Crippen LogP contribution in [0.15, 0.2) is 24.3 Å². The molecule has 2 fully saturated rings. The number of carbonyl (C=O) groups excluding carboxylic acids is 2. The number of amides is 2. The van der Waals surface area contributed by atoms with Gasteiger partial charge in [0.1, 0.15) is 6.61 Å².